The number of hydrogen-bond donors (Lipinski definition) is 0. The van der Waals surface area contributed by atoms with E-state index in [0.29, 0.717) is 0 Å². The van der Waals surface area contributed by atoms with Gasteiger partial charge in [-0.15, -0.1) is 0 Å². The van der Waals surface area contributed by atoms with Crippen molar-refractivity contribution in [1.82, 2.24) is 9.88 Å². The number of aromatic nitrogens is 1. The molecule has 3 nitrogen and oxygen atoms in total. The molecule has 3 aromatic rings. The number of amides is 1. The second-order valence-corrected chi connectivity index (χ2v) is 7.81. The van der Waals surface area contributed by atoms with E-state index >= 15 is 0 Å². The van der Waals surface area contributed by atoms with Gasteiger partial charge < -0.3 is 4.90 Å². The number of piperidine rings is 1. The molecular formula is C26H25FN2O. The van der Waals surface area contributed by atoms with E-state index in [4.69, 9.17) is 0 Å². The number of aryl methyl sites for hydroxylation is 1. The molecule has 0 bridgehead atoms. The Kier molecular flexibility index (Phi) is 5.75. The SMILES string of the molecule is Cc1cc(-c2ccc(/C=C3\CCCN([C@@H](C)c4ccc(F)cc4)C3=O)cc2)ccn1. The summed E-state index contributed by atoms with van der Waals surface area (Å²) in [6, 6.07) is 18.6. The number of hydrogen-bond acceptors (Lipinski definition) is 2. The Labute approximate surface area is 176 Å². The van der Waals surface area contributed by atoms with Gasteiger partial charge in [0.15, 0.2) is 0 Å². The van der Waals surface area contributed by atoms with Gasteiger partial charge in [-0.3, -0.25) is 9.78 Å². The lowest BCUT2D eigenvalue weighted by Crippen LogP contribution is -2.38. The highest BCUT2D eigenvalue weighted by atomic mass is 19.1. The molecule has 1 saturated heterocycles. The van der Waals surface area contributed by atoms with Gasteiger partial charge in [-0.1, -0.05) is 36.4 Å². The summed E-state index contributed by atoms with van der Waals surface area (Å²) in [4.78, 5) is 19.2. The van der Waals surface area contributed by atoms with E-state index < -0.39 is 0 Å². The topological polar surface area (TPSA) is 33.2 Å². The lowest BCUT2D eigenvalue weighted by molar-refractivity contribution is -0.130. The molecule has 30 heavy (non-hydrogen) atoms. The molecule has 1 aliphatic rings. The molecule has 0 spiro atoms. The molecule has 1 aromatic heterocycles. The monoisotopic (exact) mass is 400 g/mol. The van der Waals surface area contributed by atoms with Gasteiger partial charge in [0.05, 0.1) is 6.04 Å². The first-order valence-electron chi connectivity index (χ1n) is 10.3. The molecule has 0 saturated carbocycles. The quantitative estimate of drug-likeness (QED) is 0.506. The van der Waals surface area contributed by atoms with Crippen molar-refractivity contribution in [2.75, 3.05) is 6.54 Å². The molecule has 0 N–H and O–H groups in total. The van der Waals surface area contributed by atoms with Gasteiger partial charge >= 0.3 is 0 Å². The maximum atomic E-state index is 13.2. The van der Waals surface area contributed by atoms with E-state index in [-0.39, 0.29) is 17.8 Å². The van der Waals surface area contributed by atoms with Crippen molar-refractivity contribution >= 4 is 12.0 Å². The van der Waals surface area contributed by atoms with Crippen LogP contribution in [0, 0.1) is 12.7 Å². The largest absolute Gasteiger partial charge is 0.332 e. The summed E-state index contributed by atoms with van der Waals surface area (Å²) in [5, 5.41) is 0. The molecule has 1 fully saturated rings. The normalized spacial score (nSPS) is 16.7. The number of nitrogens with zero attached hydrogens (tertiary/aromatic N) is 2. The Hall–Kier alpha value is -3.27. The Morgan fingerprint density at radius 1 is 1.03 bits per heavy atom. The second-order valence-electron chi connectivity index (χ2n) is 7.81. The van der Waals surface area contributed by atoms with Crippen LogP contribution in [-0.4, -0.2) is 22.3 Å². The summed E-state index contributed by atoms with van der Waals surface area (Å²) >= 11 is 0. The highest BCUT2D eigenvalue weighted by Crippen LogP contribution is 2.29. The fourth-order valence-electron chi connectivity index (χ4n) is 3.96. The van der Waals surface area contributed by atoms with Crippen LogP contribution in [0.25, 0.3) is 17.2 Å². The molecule has 4 rings (SSSR count). The zero-order chi connectivity index (χ0) is 21.1. The Morgan fingerprint density at radius 3 is 2.47 bits per heavy atom. The number of halogens is 1. The zero-order valence-electron chi connectivity index (χ0n) is 17.3. The van der Waals surface area contributed by atoms with Gasteiger partial charge in [0.2, 0.25) is 5.91 Å². The van der Waals surface area contributed by atoms with Crippen LogP contribution in [0.15, 0.2) is 72.4 Å². The van der Waals surface area contributed by atoms with Gasteiger partial charge in [0.1, 0.15) is 5.82 Å². The Balaban J connectivity index is 1.53. The van der Waals surface area contributed by atoms with Gasteiger partial charge in [0.25, 0.3) is 0 Å². The average molecular weight is 400 g/mol. The van der Waals surface area contributed by atoms with Crippen molar-refractivity contribution in [2.45, 2.75) is 32.7 Å². The minimum Gasteiger partial charge on any atom is -0.332 e. The molecule has 4 heteroatoms. The number of likely N-dealkylation sites (tertiary alicyclic amines) is 1. The number of carbonyl (C=O) groups excluding carboxylic acids is 1. The van der Waals surface area contributed by atoms with Crippen molar-refractivity contribution in [2.24, 2.45) is 0 Å². The smallest absolute Gasteiger partial charge is 0.250 e. The number of rotatable bonds is 4. The molecule has 0 radical (unpaired) electrons. The minimum absolute atomic E-state index is 0.0620. The summed E-state index contributed by atoms with van der Waals surface area (Å²) in [5.41, 5.74) is 6.04. The predicted octanol–water partition coefficient (Wildman–Crippen LogP) is 5.96. The molecular weight excluding hydrogens is 375 g/mol. The number of benzene rings is 2. The molecule has 2 aromatic carbocycles. The highest BCUT2D eigenvalue weighted by Gasteiger charge is 2.27. The van der Waals surface area contributed by atoms with Gasteiger partial charge in [-0.2, -0.15) is 0 Å². The van der Waals surface area contributed by atoms with E-state index in [1.165, 1.54) is 12.1 Å². The third-order valence-electron chi connectivity index (χ3n) is 5.68. The summed E-state index contributed by atoms with van der Waals surface area (Å²) in [5.74, 6) is -0.200. The first-order valence-corrected chi connectivity index (χ1v) is 10.3. The van der Waals surface area contributed by atoms with Crippen molar-refractivity contribution in [3.8, 4) is 11.1 Å². The maximum Gasteiger partial charge on any atom is 0.250 e. The number of pyridine rings is 1. The van der Waals surface area contributed by atoms with Crippen LogP contribution in [0.4, 0.5) is 4.39 Å². The summed E-state index contributed by atoms with van der Waals surface area (Å²) in [6.07, 6.45) is 5.51. The standard InChI is InChI=1S/C26H25FN2O/c1-18-16-23(13-14-28-18)22-7-5-20(6-8-22)17-24-4-3-15-29(26(24)30)19(2)21-9-11-25(27)12-10-21/h5-14,16-17,19H,3-4,15H2,1-2H3/b24-17+/t19-/m0/s1. The molecule has 0 unspecified atom stereocenters. The fourth-order valence-corrected chi connectivity index (χ4v) is 3.96. The Bertz CT molecular complexity index is 1070. The van der Waals surface area contributed by atoms with E-state index in [9.17, 15) is 9.18 Å². The second kappa shape index (κ2) is 8.62. The highest BCUT2D eigenvalue weighted by molar-refractivity contribution is 5.98. The fraction of sp³-hybridized carbons (Fsp3) is 0.231. The molecule has 1 atom stereocenters. The van der Waals surface area contributed by atoms with Crippen LogP contribution in [0.1, 0.15) is 42.6 Å². The van der Waals surface area contributed by atoms with Gasteiger partial charge in [-0.25, -0.2) is 4.39 Å². The number of carbonyl (C=O) groups is 1. The van der Waals surface area contributed by atoms with Crippen LogP contribution < -0.4 is 0 Å². The average Bonchev–Trinajstić information content (AvgIpc) is 2.76. The van der Waals surface area contributed by atoms with Crippen LogP contribution in [0.2, 0.25) is 0 Å². The minimum atomic E-state index is -0.262. The molecule has 1 amide bonds. The summed E-state index contributed by atoms with van der Waals surface area (Å²) in [6.45, 7) is 4.70. The molecule has 2 heterocycles. The van der Waals surface area contributed by atoms with Crippen molar-refractivity contribution in [3.05, 3.63) is 95.1 Å². The van der Waals surface area contributed by atoms with E-state index in [1.54, 1.807) is 12.1 Å². The molecule has 152 valence electrons. The van der Waals surface area contributed by atoms with Crippen LogP contribution in [-0.2, 0) is 4.79 Å². The van der Waals surface area contributed by atoms with Gasteiger partial charge in [-0.05, 0) is 79.3 Å². The lowest BCUT2D eigenvalue weighted by Gasteiger charge is -2.34. The Morgan fingerprint density at radius 2 is 1.77 bits per heavy atom. The third-order valence-corrected chi connectivity index (χ3v) is 5.68. The maximum absolute atomic E-state index is 13.2. The van der Waals surface area contributed by atoms with Crippen molar-refractivity contribution in [3.63, 3.8) is 0 Å². The molecule has 1 aliphatic heterocycles. The van der Waals surface area contributed by atoms with E-state index in [2.05, 4.69) is 23.2 Å². The van der Waals surface area contributed by atoms with Crippen LogP contribution in [0.3, 0.4) is 0 Å². The zero-order valence-corrected chi connectivity index (χ0v) is 17.3. The first kappa shape index (κ1) is 20.0. The summed E-state index contributed by atoms with van der Waals surface area (Å²) in [7, 11) is 0. The molecule has 0 aliphatic carbocycles. The predicted molar refractivity (Wildman–Crippen MR) is 118 cm³/mol. The lowest BCUT2D eigenvalue weighted by atomic mass is 9.96. The van der Waals surface area contributed by atoms with E-state index in [0.717, 1.165) is 52.9 Å². The van der Waals surface area contributed by atoms with E-state index in [1.807, 2.05) is 49.2 Å². The van der Waals surface area contributed by atoms with Crippen LogP contribution in [0.5, 0.6) is 0 Å². The van der Waals surface area contributed by atoms with Crippen LogP contribution >= 0.6 is 0 Å². The van der Waals surface area contributed by atoms with Crippen molar-refractivity contribution < 1.29 is 9.18 Å². The summed E-state index contributed by atoms with van der Waals surface area (Å²) < 4.78 is 13.2. The van der Waals surface area contributed by atoms with Crippen molar-refractivity contribution in [1.29, 1.82) is 0 Å². The third kappa shape index (κ3) is 4.33. The van der Waals surface area contributed by atoms with Gasteiger partial charge in [0, 0.05) is 24.0 Å². The first-order chi connectivity index (χ1) is 14.5.